The zero-order chi connectivity index (χ0) is 9.97. The first-order chi connectivity index (χ1) is 6.83. The second kappa shape index (κ2) is 3.51. The molecule has 0 amide bonds. The van der Waals surface area contributed by atoms with E-state index in [1.54, 1.807) is 12.1 Å². The summed E-state index contributed by atoms with van der Waals surface area (Å²) in [5.74, 6) is 5.33. The van der Waals surface area contributed by atoms with Gasteiger partial charge in [0.05, 0.1) is 22.7 Å². The van der Waals surface area contributed by atoms with Crippen LogP contribution in [-0.2, 0) is 0 Å². The Morgan fingerprint density at radius 2 is 2.36 bits per heavy atom. The fourth-order valence-electron chi connectivity index (χ4n) is 1.26. The van der Waals surface area contributed by atoms with Crippen molar-refractivity contribution in [2.75, 3.05) is 0 Å². The van der Waals surface area contributed by atoms with Crippen LogP contribution in [0.5, 0.6) is 0 Å². The molecule has 2 nitrogen and oxygen atoms in total. The van der Waals surface area contributed by atoms with Gasteiger partial charge in [0.25, 0.3) is 0 Å². The molecule has 0 aliphatic rings. The number of benzene rings is 1. The minimum atomic E-state index is -0.294. The van der Waals surface area contributed by atoms with Crippen LogP contribution in [0.25, 0.3) is 10.9 Å². The summed E-state index contributed by atoms with van der Waals surface area (Å²) in [6.07, 6.45) is 2.20. The second-order valence-corrected chi connectivity index (χ2v) is 2.91. The van der Waals surface area contributed by atoms with Crippen molar-refractivity contribution in [3.8, 4) is 11.8 Å². The molecule has 0 bridgehead atoms. The molecule has 2 rings (SSSR count). The van der Waals surface area contributed by atoms with Gasteiger partial charge in [-0.15, -0.1) is 0 Å². The quantitative estimate of drug-likeness (QED) is 0.632. The molecule has 2 aromatic rings. The average Bonchev–Trinajstić information content (AvgIpc) is 2.66. The van der Waals surface area contributed by atoms with Crippen LogP contribution in [0.15, 0.2) is 18.3 Å². The summed E-state index contributed by atoms with van der Waals surface area (Å²) in [6.45, 7) is 1.93. The van der Waals surface area contributed by atoms with E-state index in [1.807, 2.05) is 6.92 Å². The molecule has 0 fully saturated rings. The molecule has 70 valence electrons. The number of rotatable bonds is 0. The number of nitrogens with one attached hydrogen (secondary N) is 1. The van der Waals surface area contributed by atoms with E-state index in [2.05, 4.69) is 22.0 Å². The lowest BCUT2D eigenvalue weighted by Crippen LogP contribution is -1.83. The molecule has 1 aromatic heterocycles. The molecular formula is C11H9FN2. The molecular weight excluding hydrogens is 179 g/mol. The van der Waals surface area contributed by atoms with E-state index < -0.39 is 0 Å². The lowest BCUT2D eigenvalue weighted by atomic mass is 10.1. The average molecular weight is 188 g/mol. The highest BCUT2D eigenvalue weighted by molar-refractivity contribution is 5.80. The number of hydrogen-bond acceptors (Lipinski definition) is 1. The van der Waals surface area contributed by atoms with Gasteiger partial charge in [-0.25, -0.2) is 4.39 Å². The molecule has 0 saturated heterocycles. The van der Waals surface area contributed by atoms with Crippen LogP contribution in [-0.4, -0.2) is 10.2 Å². The third kappa shape index (κ3) is 1.35. The Labute approximate surface area is 81.1 Å². The zero-order valence-corrected chi connectivity index (χ0v) is 7.76. The van der Waals surface area contributed by atoms with Crippen molar-refractivity contribution in [2.24, 2.45) is 0 Å². The van der Waals surface area contributed by atoms with Gasteiger partial charge >= 0.3 is 0 Å². The second-order valence-electron chi connectivity index (χ2n) is 2.91. The van der Waals surface area contributed by atoms with E-state index in [0.717, 1.165) is 6.42 Å². The fourth-order valence-corrected chi connectivity index (χ4v) is 1.26. The van der Waals surface area contributed by atoms with Gasteiger partial charge in [0.15, 0.2) is 0 Å². The van der Waals surface area contributed by atoms with Crippen molar-refractivity contribution < 1.29 is 4.39 Å². The standard InChI is InChI=1S/C11H9FN2/c1-2-3-4-8-5-6-10-9(11(8)12)7-13-14-10/h5-7H,2H2,1H3,(H,13,14). The van der Waals surface area contributed by atoms with Gasteiger partial charge in [-0.2, -0.15) is 5.10 Å². The molecule has 0 atom stereocenters. The van der Waals surface area contributed by atoms with Crippen LogP contribution in [0.4, 0.5) is 4.39 Å². The summed E-state index contributed by atoms with van der Waals surface area (Å²) in [7, 11) is 0. The summed E-state index contributed by atoms with van der Waals surface area (Å²) >= 11 is 0. The number of nitrogens with zero attached hydrogens (tertiary/aromatic N) is 1. The van der Waals surface area contributed by atoms with Gasteiger partial charge in [0.1, 0.15) is 5.82 Å². The van der Waals surface area contributed by atoms with Gasteiger partial charge < -0.3 is 0 Å². The highest BCUT2D eigenvalue weighted by atomic mass is 19.1. The van der Waals surface area contributed by atoms with Crippen molar-refractivity contribution in [2.45, 2.75) is 13.3 Å². The molecule has 14 heavy (non-hydrogen) atoms. The van der Waals surface area contributed by atoms with E-state index in [4.69, 9.17) is 0 Å². The zero-order valence-electron chi connectivity index (χ0n) is 7.76. The summed E-state index contributed by atoms with van der Waals surface area (Å²) in [5, 5.41) is 6.97. The van der Waals surface area contributed by atoms with Crippen molar-refractivity contribution in [1.29, 1.82) is 0 Å². The Bertz CT molecular complexity index is 517. The Kier molecular flexibility index (Phi) is 2.19. The Balaban J connectivity index is 2.62. The van der Waals surface area contributed by atoms with Gasteiger partial charge in [0, 0.05) is 6.42 Å². The number of hydrogen-bond donors (Lipinski definition) is 1. The summed E-state index contributed by atoms with van der Waals surface area (Å²) in [5.41, 5.74) is 1.13. The van der Waals surface area contributed by atoms with E-state index >= 15 is 0 Å². The lowest BCUT2D eigenvalue weighted by molar-refractivity contribution is 0.636. The molecule has 3 heteroatoms. The molecule has 1 aromatic carbocycles. The van der Waals surface area contributed by atoms with Crippen LogP contribution in [0, 0.1) is 17.7 Å². The van der Waals surface area contributed by atoms with E-state index in [-0.39, 0.29) is 5.82 Å². The predicted octanol–water partition coefficient (Wildman–Crippen LogP) is 2.46. The van der Waals surface area contributed by atoms with Crippen molar-refractivity contribution >= 4 is 10.9 Å². The topological polar surface area (TPSA) is 28.7 Å². The van der Waals surface area contributed by atoms with Gasteiger partial charge in [-0.05, 0) is 12.1 Å². The molecule has 1 heterocycles. The maximum atomic E-state index is 13.7. The maximum absolute atomic E-state index is 13.7. The maximum Gasteiger partial charge on any atom is 0.149 e. The smallest absolute Gasteiger partial charge is 0.149 e. The van der Waals surface area contributed by atoms with Crippen LogP contribution in [0.2, 0.25) is 0 Å². The first kappa shape index (κ1) is 8.76. The fraction of sp³-hybridized carbons (Fsp3) is 0.182. The summed E-state index contributed by atoms with van der Waals surface area (Å²) in [6, 6.07) is 3.45. The van der Waals surface area contributed by atoms with Crippen LogP contribution in [0.1, 0.15) is 18.9 Å². The first-order valence-corrected chi connectivity index (χ1v) is 4.43. The Morgan fingerprint density at radius 1 is 1.50 bits per heavy atom. The van der Waals surface area contributed by atoms with Crippen LogP contribution in [0.3, 0.4) is 0 Å². The molecule has 0 aliphatic carbocycles. The van der Waals surface area contributed by atoms with Gasteiger partial charge in [0.2, 0.25) is 0 Å². The third-order valence-electron chi connectivity index (χ3n) is 1.96. The number of aromatic amines is 1. The number of fused-ring (bicyclic) bond motifs is 1. The number of halogens is 1. The molecule has 0 aliphatic heterocycles. The van der Waals surface area contributed by atoms with Crippen molar-refractivity contribution in [3.05, 3.63) is 29.7 Å². The minimum Gasteiger partial charge on any atom is -0.278 e. The largest absolute Gasteiger partial charge is 0.278 e. The van der Waals surface area contributed by atoms with E-state index in [1.165, 1.54) is 6.20 Å². The van der Waals surface area contributed by atoms with E-state index in [0.29, 0.717) is 16.5 Å². The van der Waals surface area contributed by atoms with Crippen LogP contribution >= 0.6 is 0 Å². The van der Waals surface area contributed by atoms with Crippen molar-refractivity contribution in [3.63, 3.8) is 0 Å². The van der Waals surface area contributed by atoms with Gasteiger partial charge in [-0.3, -0.25) is 5.10 Å². The van der Waals surface area contributed by atoms with Crippen molar-refractivity contribution in [1.82, 2.24) is 10.2 Å². The van der Waals surface area contributed by atoms with E-state index in [9.17, 15) is 4.39 Å². The molecule has 0 unspecified atom stereocenters. The Morgan fingerprint density at radius 3 is 3.14 bits per heavy atom. The monoisotopic (exact) mass is 188 g/mol. The molecule has 0 spiro atoms. The summed E-state index contributed by atoms with van der Waals surface area (Å²) < 4.78 is 13.7. The SMILES string of the molecule is CCC#Cc1ccc2[nH]ncc2c1F. The highest BCUT2D eigenvalue weighted by Gasteiger charge is 2.05. The molecule has 0 radical (unpaired) electrons. The normalized spacial score (nSPS) is 9.86. The summed E-state index contributed by atoms with van der Waals surface area (Å²) in [4.78, 5) is 0. The Hall–Kier alpha value is -1.82. The van der Waals surface area contributed by atoms with Gasteiger partial charge in [-0.1, -0.05) is 18.8 Å². The minimum absolute atomic E-state index is 0.294. The number of H-pyrrole nitrogens is 1. The molecule has 0 saturated carbocycles. The lowest BCUT2D eigenvalue weighted by Gasteiger charge is -1.94. The first-order valence-electron chi connectivity index (χ1n) is 4.43. The molecule has 1 N–H and O–H groups in total. The highest BCUT2D eigenvalue weighted by Crippen LogP contribution is 2.17. The number of aromatic nitrogens is 2. The third-order valence-corrected chi connectivity index (χ3v) is 1.96. The predicted molar refractivity (Wildman–Crippen MR) is 53.2 cm³/mol. The van der Waals surface area contributed by atoms with Crippen LogP contribution < -0.4 is 0 Å².